The van der Waals surface area contributed by atoms with Gasteiger partial charge in [-0.05, 0) is 20.3 Å². The lowest BCUT2D eigenvalue weighted by molar-refractivity contribution is -0.421. The first kappa shape index (κ1) is 11.2. The normalized spacial score (nSPS) is 11.2. The molecular formula is C8H12ClNO2. The van der Waals surface area contributed by atoms with E-state index in [1.165, 1.54) is 0 Å². The average molecular weight is 190 g/mol. The third-order valence-electron chi connectivity index (χ3n) is 1.27. The molecule has 3 nitrogen and oxygen atoms in total. The second-order valence-electron chi connectivity index (χ2n) is 2.57. The predicted octanol–water partition coefficient (Wildman–Crippen LogP) is 3.09. The van der Waals surface area contributed by atoms with Crippen LogP contribution in [0.5, 0.6) is 0 Å². The highest BCUT2D eigenvalue weighted by Gasteiger charge is 2.16. The third-order valence-corrected chi connectivity index (χ3v) is 1.60. The van der Waals surface area contributed by atoms with Crippen molar-refractivity contribution >= 4 is 11.6 Å². The van der Waals surface area contributed by atoms with Crippen LogP contribution in [0.25, 0.3) is 0 Å². The second-order valence-corrected chi connectivity index (χ2v) is 2.97. The minimum Gasteiger partial charge on any atom is -0.258 e. The van der Waals surface area contributed by atoms with Gasteiger partial charge in [0.05, 0.1) is 4.92 Å². The minimum absolute atomic E-state index is 0.0125. The minimum atomic E-state index is -0.455. The lowest BCUT2D eigenvalue weighted by atomic mass is 10.2. The molecule has 0 N–H and O–H groups in total. The van der Waals surface area contributed by atoms with Crippen LogP contribution in [-0.4, -0.2) is 4.92 Å². The predicted molar refractivity (Wildman–Crippen MR) is 49.6 cm³/mol. The number of nitro groups is 1. The standard InChI is InChI=1S/C8H12ClNO2/c1-4-5-7(9)8(6(2)3)10(11)12/h5H,4H2,1-3H3/b7-5+. The van der Waals surface area contributed by atoms with Gasteiger partial charge in [0.2, 0.25) is 0 Å². The van der Waals surface area contributed by atoms with Crippen LogP contribution in [0.2, 0.25) is 0 Å². The fourth-order valence-corrected chi connectivity index (χ4v) is 1.20. The smallest absolute Gasteiger partial charge is 0.258 e. The molecule has 0 atom stereocenters. The number of hydrogen-bond acceptors (Lipinski definition) is 2. The molecule has 68 valence electrons. The van der Waals surface area contributed by atoms with Gasteiger partial charge in [0.1, 0.15) is 5.03 Å². The van der Waals surface area contributed by atoms with Crippen molar-refractivity contribution in [2.75, 3.05) is 0 Å². The summed E-state index contributed by atoms with van der Waals surface area (Å²) in [7, 11) is 0. The molecule has 0 aromatic carbocycles. The summed E-state index contributed by atoms with van der Waals surface area (Å²) < 4.78 is 0. The largest absolute Gasteiger partial charge is 0.286 e. The van der Waals surface area contributed by atoms with E-state index in [4.69, 9.17) is 11.6 Å². The lowest BCUT2D eigenvalue weighted by Crippen LogP contribution is -2.00. The van der Waals surface area contributed by atoms with Crippen LogP contribution < -0.4 is 0 Å². The Morgan fingerprint density at radius 2 is 2.08 bits per heavy atom. The van der Waals surface area contributed by atoms with Gasteiger partial charge in [-0.1, -0.05) is 24.6 Å². The van der Waals surface area contributed by atoms with Crippen molar-refractivity contribution in [3.8, 4) is 0 Å². The van der Waals surface area contributed by atoms with Crippen molar-refractivity contribution in [1.29, 1.82) is 0 Å². The van der Waals surface area contributed by atoms with Gasteiger partial charge in [-0.25, -0.2) is 0 Å². The van der Waals surface area contributed by atoms with Crippen LogP contribution in [0.4, 0.5) is 0 Å². The molecule has 0 aliphatic rings. The molecule has 0 radical (unpaired) electrons. The molecule has 0 amide bonds. The summed E-state index contributed by atoms with van der Waals surface area (Å²) in [4.78, 5) is 10.0. The van der Waals surface area contributed by atoms with E-state index in [0.717, 1.165) is 0 Å². The molecule has 0 rings (SSSR count). The zero-order valence-corrected chi connectivity index (χ0v) is 8.18. The summed E-state index contributed by atoms with van der Waals surface area (Å²) >= 11 is 5.70. The summed E-state index contributed by atoms with van der Waals surface area (Å²) in [5.41, 5.74) is 0.633. The molecule has 4 heteroatoms. The fraction of sp³-hybridized carbons (Fsp3) is 0.500. The topological polar surface area (TPSA) is 43.1 Å². The van der Waals surface area contributed by atoms with Crippen LogP contribution in [0.1, 0.15) is 27.2 Å². The number of allylic oxidation sites excluding steroid dienone is 3. The van der Waals surface area contributed by atoms with Crippen molar-refractivity contribution in [3.63, 3.8) is 0 Å². The monoisotopic (exact) mass is 189 g/mol. The SMILES string of the molecule is CC/C=C(/Cl)C(=C(C)C)[N+](=O)[O-]. The summed E-state index contributed by atoms with van der Waals surface area (Å²) in [6, 6.07) is 0. The highest BCUT2D eigenvalue weighted by atomic mass is 35.5. The highest BCUT2D eigenvalue weighted by molar-refractivity contribution is 6.31. The van der Waals surface area contributed by atoms with E-state index in [9.17, 15) is 10.1 Å². The van der Waals surface area contributed by atoms with Gasteiger partial charge in [-0.15, -0.1) is 0 Å². The summed E-state index contributed by atoms with van der Waals surface area (Å²) in [5.74, 6) is 0. The highest BCUT2D eigenvalue weighted by Crippen LogP contribution is 2.19. The molecular weight excluding hydrogens is 178 g/mol. The van der Waals surface area contributed by atoms with Crippen molar-refractivity contribution in [2.45, 2.75) is 27.2 Å². The number of rotatable bonds is 3. The van der Waals surface area contributed by atoms with Crippen LogP contribution >= 0.6 is 11.6 Å². The average Bonchev–Trinajstić information content (AvgIpc) is 1.85. The molecule has 0 spiro atoms. The molecule has 0 aliphatic carbocycles. The Kier molecular flexibility index (Phi) is 4.59. The number of nitrogens with zero attached hydrogens (tertiary/aromatic N) is 1. The molecule has 0 saturated carbocycles. The Balaban J connectivity index is 4.92. The summed E-state index contributed by atoms with van der Waals surface area (Å²) in [5, 5.41) is 10.7. The first-order valence-corrected chi connectivity index (χ1v) is 4.06. The quantitative estimate of drug-likeness (QED) is 0.389. The van der Waals surface area contributed by atoms with E-state index in [0.29, 0.717) is 12.0 Å². The molecule has 0 bridgehead atoms. The van der Waals surface area contributed by atoms with Gasteiger partial charge >= 0.3 is 0 Å². The van der Waals surface area contributed by atoms with Gasteiger partial charge < -0.3 is 0 Å². The lowest BCUT2D eigenvalue weighted by Gasteiger charge is -1.97. The Hall–Kier alpha value is -0.830. The van der Waals surface area contributed by atoms with Crippen LogP contribution in [0.15, 0.2) is 22.4 Å². The first-order chi connectivity index (χ1) is 5.50. The molecule has 0 aromatic heterocycles. The van der Waals surface area contributed by atoms with E-state index in [2.05, 4.69) is 0 Å². The molecule has 0 aromatic rings. The van der Waals surface area contributed by atoms with E-state index >= 15 is 0 Å². The van der Waals surface area contributed by atoms with E-state index in [1.54, 1.807) is 19.9 Å². The van der Waals surface area contributed by atoms with Gasteiger partial charge in [0.15, 0.2) is 0 Å². The van der Waals surface area contributed by atoms with Crippen molar-refractivity contribution in [1.82, 2.24) is 0 Å². The van der Waals surface area contributed by atoms with E-state index in [1.807, 2.05) is 6.92 Å². The van der Waals surface area contributed by atoms with Crippen molar-refractivity contribution in [2.24, 2.45) is 0 Å². The first-order valence-electron chi connectivity index (χ1n) is 3.68. The van der Waals surface area contributed by atoms with Crippen LogP contribution in [0, 0.1) is 10.1 Å². The maximum Gasteiger partial charge on any atom is 0.286 e. The van der Waals surface area contributed by atoms with Crippen molar-refractivity contribution in [3.05, 3.63) is 32.5 Å². The van der Waals surface area contributed by atoms with E-state index in [-0.39, 0.29) is 10.7 Å². The third kappa shape index (κ3) is 3.05. The Morgan fingerprint density at radius 3 is 2.33 bits per heavy atom. The summed E-state index contributed by atoms with van der Waals surface area (Å²) in [6.07, 6.45) is 2.33. The molecule has 0 aliphatic heterocycles. The molecule has 12 heavy (non-hydrogen) atoms. The van der Waals surface area contributed by atoms with Gasteiger partial charge in [-0.3, -0.25) is 10.1 Å². The maximum atomic E-state index is 10.5. The molecule has 0 heterocycles. The molecule has 0 fully saturated rings. The van der Waals surface area contributed by atoms with Crippen LogP contribution in [0.3, 0.4) is 0 Å². The second kappa shape index (κ2) is 4.93. The molecule has 0 unspecified atom stereocenters. The summed E-state index contributed by atoms with van der Waals surface area (Å²) in [6.45, 7) is 5.22. The zero-order valence-electron chi connectivity index (χ0n) is 7.43. The number of hydrogen-bond donors (Lipinski definition) is 0. The Morgan fingerprint density at radius 1 is 1.58 bits per heavy atom. The Labute approximate surface area is 76.9 Å². The van der Waals surface area contributed by atoms with E-state index < -0.39 is 4.92 Å². The van der Waals surface area contributed by atoms with Crippen LogP contribution in [-0.2, 0) is 0 Å². The van der Waals surface area contributed by atoms with Crippen molar-refractivity contribution < 1.29 is 4.92 Å². The maximum absolute atomic E-state index is 10.5. The van der Waals surface area contributed by atoms with Gasteiger partial charge in [0, 0.05) is 5.57 Å². The number of halogens is 1. The molecule has 0 saturated heterocycles. The van der Waals surface area contributed by atoms with Gasteiger partial charge in [0.25, 0.3) is 5.70 Å². The zero-order chi connectivity index (χ0) is 9.72. The fourth-order valence-electron chi connectivity index (χ4n) is 0.784. The Bertz CT molecular complexity index is 239. The van der Waals surface area contributed by atoms with Gasteiger partial charge in [-0.2, -0.15) is 0 Å².